The molecule has 0 aromatic carbocycles. The van der Waals surface area contributed by atoms with Crippen LogP contribution in [0.25, 0.3) is 12.2 Å². The summed E-state index contributed by atoms with van der Waals surface area (Å²) in [7, 11) is 0. The maximum atomic E-state index is 13.3. The van der Waals surface area contributed by atoms with E-state index in [-0.39, 0.29) is 0 Å². The number of nitrogens with zero attached hydrogens (tertiary/aromatic N) is 4. The predicted molar refractivity (Wildman–Crippen MR) is 134 cm³/mol. The van der Waals surface area contributed by atoms with Gasteiger partial charge in [-0.15, -0.1) is 0 Å². The molecule has 37 heavy (non-hydrogen) atoms. The summed E-state index contributed by atoms with van der Waals surface area (Å²) in [6, 6.07) is 2.84. The molecule has 2 fully saturated rings. The number of carbonyl (C=O) groups is 2. The monoisotopic (exact) mass is 530 g/mol. The van der Waals surface area contributed by atoms with Gasteiger partial charge in [0.1, 0.15) is 5.69 Å². The lowest BCUT2D eigenvalue weighted by Crippen LogP contribution is -2.38. The Bertz CT molecular complexity index is 1270. The average molecular weight is 531 g/mol. The number of thioether (sulfide) groups is 1. The van der Waals surface area contributed by atoms with Crippen molar-refractivity contribution in [1.29, 1.82) is 0 Å². The van der Waals surface area contributed by atoms with E-state index in [1.54, 1.807) is 18.3 Å². The zero-order valence-electron chi connectivity index (χ0n) is 19.8. The molecule has 2 amide bonds. The zero-order chi connectivity index (χ0) is 26.0. The first kappa shape index (κ1) is 25.4. The van der Waals surface area contributed by atoms with Crippen LogP contribution in [-0.2, 0) is 23.9 Å². The molecule has 0 radical (unpaired) electrons. The van der Waals surface area contributed by atoms with E-state index in [4.69, 9.17) is 0 Å². The number of piperidine rings is 1. The van der Waals surface area contributed by atoms with E-state index >= 15 is 0 Å². The Kier molecular flexibility index (Phi) is 7.29. The second-order valence-corrected chi connectivity index (χ2v) is 10.2. The Morgan fingerprint density at radius 2 is 2.03 bits per heavy atom. The maximum Gasteiger partial charge on any atom is 0.433 e. The van der Waals surface area contributed by atoms with Gasteiger partial charge in [-0.3, -0.25) is 14.9 Å². The van der Waals surface area contributed by atoms with Crippen LogP contribution in [0.1, 0.15) is 47.5 Å². The minimum absolute atomic E-state index is 0.299. The number of alkyl halides is 3. The van der Waals surface area contributed by atoms with Gasteiger partial charge < -0.3 is 10.2 Å². The number of halogens is 3. The first-order valence-corrected chi connectivity index (χ1v) is 12.9. The van der Waals surface area contributed by atoms with Crippen molar-refractivity contribution in [3.05, 3.63) is 57.5 Å². The summed E-state index contributed by atoms with van der Waals surface area (Å²) >= 11 is 0.843. The van der Waals surface area contributed by atoms with Crippen molar-refractivity contribution in [2.75, 3.05) is 24.5 Å². The van der Waals surface area contributed by atoms with Gasteiger partial charge in [-0.1, -0.05) is 12.2 Å². The molecule has 0 spiro atoms. The molecule has 194 valence electrons. The fraction of sp³-hybridized carbons (Fsp3) is 0.400. The predicted octanol–water partition coefficient (Wildman–Crippen LogP) is 4.18. The second kappa shape index (κ2) is 10.6. The minimum atomic E-state index is -4.46. The highest BCUT2D eigenvalue weighted by atomic mass is 32.2. The highest BCUT2D eigenvalue weighted by Crippen LogP contribution is 2.32. The highest BCUT2D eigenvalue weighted by molar-refractivity contribution is 8.18. The molecule has 2 saturated heterocycles. The molecule has 3 aliphatic rings. The van der Waals surface area contributed by atoms with Crippen LogP contribution in [0.2, 0.25) is 0 Å². The number of anilines is 1. The lowest BCUT2D eigenvalue weighted by atomic mass is 9.95. The number of aromatic nitrogens is 3. The van der Waals surface area contributed by atoms with Crippen molar-refractivity contribution in [3.8, 4) is 0 Å². The first-order valence-electron chi connectivity index (χ1n) is 12.1. The third-order valence-electron chi connectivity index (χ3n) is 6.58. The lowest BCUT2D eigenvalue weighted by Gasteiger charge is -2.32. The van der Waals surface area contributed by atoms with Crippen LogP contribution in [-0.4, -0.2) is 45.7 Å². The number of imide groups is 1. The molecule has 2 aromatic rings. The van der Waals surface area contributed by atoms with Crippen LogP contribution in [0.15, 0.2) is 29.3 Å². The quantitative estimate of drug-likeness (QED) is 0.537. The Morgan fingerprint density at radius 1 is 1.22 bits per heavy atom. The Labute approximate surface area is 215 Å². The van der Waals surface area contributed by atoms with Gasteiger partial charge in [0.25, 0.3) is 11.1 Å². The molecule has 0 saturated carbocycles. The number of rotatable bonds is 6. The van der Waals surface area contributed by atoms with Crippen molar-refractivity contribution in [1.82, 2.24) is 25.6 Å². The summed E-state index contributed by atoms with van der Waals surface area (Å²) in [6.45, 7) is 2.53. The van der Waals surface area contributed by atoms with Crippen LogP contribution in [0.3, 0.4) is 0 Å². The summed E-state index contributed by atoms with van der Waals surface area (Å²) in [5.41, 5.74) is 1.66. The number of aryl methyl sites for hydroxylation is 1. The topological polar surface area (TPSA) is 100 Å². The lowest BCUT2D eigenvalue weighted by molar-refractivity contribution is -0.141. The first-order chi connectivity index (χ1) is 17.8. The molecule has 5 rings (SSSR count). The standard InChI is InChI=1S/C25H25F3N6O2S/c26-25(27,28)21-11-16(18-3-1-2-4-19(18)32-21)14-29-13-15-6-9-34(10-7-15)23-30-8-5-17(31-23)12-20-22(35)33-24(36)37-20/h1,3,5,8,11-12,15,29H,2,4,6-7,9-10,13-14H2,(H,33,35,36)/b20-12-. The molecule has 0 atom stereocenters. The van der Waals surface area contributed by atoms with E-state index in [1.165, 1.54) is 0 Å². The molecular formula is C25H25F3N6O2S. The van der Waals surface area contributed by atoms with Gasteiger partial charge in [0, 0.05) is 37.1 Å². The second-order valence-electron chi connectivity index (χ2n) is 9.16. The van der Waals surface area contributed by atoms with E-state index in [9.17, 15) is 22.8 Å². The molecule has 2 aromatic heterocycles. The van der Waals surface area contributed by atoms with Crippen molar-refractivity contribution in [3.63, 3.8) is 0 Å². The molecule has 0 bridgehead atoms. The van der Waals surface area contributed by atoms with Crippen molar-refractivity contribution in [2.45, 2.75) is 38.4 Å². The van der Waals surface area contributed by atoms with Gasteiger partial charge in [-0.25, -0.2) is 15.0 Å². The fourth-order valence-electron chi connectivity index (χ4n) is 4.67. The smallest absolute Gasteiger partial charge is 0.341 e. The molecule has 0 unspecified atom stereocenters. The van der Waals surface area contributed by atoms with E-state index in [0.717, 1.165) is 49.3 Å². The van der Waals surface area contributed by atoms with Crippen LogP contribution in [0, 0.1) is 5.92 Å². The Hall–Kier alpha value is -3.25. The molecule has 12 heteroatoms. The number of allylic oxidation sites excluding steroid dienone is 1. The van der Waals surface area contributed by atoms with Crippen molar-refractivity contribution in [2.24, 2.45) is 5.92 Å². The van der Waals surface area contributed by atoms with E-state index in [1.807, 2.05) is 12.2 Å². The zero-order valence-corrected chi connectivity index (χ0v) is 20.7. The Balaban J connectivity index is 1.16. The normalized spacial score (nSPS) is 19.4. The van der Waals surface area contributed by atoms with Gasteiger partial charge in [0.15, 0.2) is 0 Å². The third-order valence-corrected chi connectivity index (χ3v) is 7.39. The molecule has 2 aliphatic heterocycles. The summed E-state index contributed by atoms with van der Waals surface area (Å²) < 4.78 is 40.0. The summed E-state index contributed by atoms with van der Waals surface area (Å²) in [4.78, 5) is 38.3. The highest BCUT2D eigenvalue weighted by Gasteiger charge is 2.34. The molecule has 8 nitrogen and oxygen atoms in total. The number of nitrogens with one attached hydrogen (secondary N) is 2. The number of pyridine rings is 1. The molecular weight excluding hydrogens is 505 g/mol. The summed E-state index contributed by atoms with van der Waals surface area (Å²) in [6.07, 6.45) is 5.58. The average Bonchev–Trinajstić information content (AvgIpc) is 3.20. The minimum Gasteiger partial charge on any atom is -0.341 e. The van der Waals surface area contributed by atoms with Gasteiger partial charge in [0.2, 0.25) is 5.95 Å². The number of carbonyl (C=O) groups excluding carboxylic acids is 2. The summed E-state index contributed by atoms with van der Waals surface area (Å²) in [5.74, 6) is 0.508. The molecule has 4 heterocycles. The van der Waals surface area contributed by atoms with Gasteiger partial charge in [-0.05, 0) is 73.7 Å². The summed E-state index contributed by atoms with van der Waals surface area (Å²) in [5, 5.41) is 5.18. The van der Waals surface area contributed by atoms with Crippen LogP contribution < -0.4 is 15.5 Å². The third kappa shape index (κ3) is 6.02. The van der Waals surface area contributed by atoms with E-state index in [2.05, 4.69) is 30.5 Å². The van der Waals surface area contributed by atoms with E-state index in [0.29, 0.717) is 59.7 Å². The van der Waals surface area contributed by atoms with Crippen molar-refractivity contribution < 1.29 is 22.8 Å². The Morgan fingerprint density at radius 3 is 2.76 bits per heavy atom. The number of hydrogen-bond donors (Lipinski definition) is 2. The number of hydrogen-bond acceptors (Lipinski definition) is 8. The molecule has 2 N–H and O–H groups in total. The van der Waals surface area contributed by atoms with Gasteiger partial charge in [0.05, 0.1) is 10.6 Å². The van der Waals surface area contributed by atoms with Gasteiger partial charge >= 0.3 is 6.18 Å². The van der Waals surface area contributed by atoms with Crippen LogP contribution >= 0.6 is 11.8 Å². The van der Waals surface area contributed by atoms with Gasteiger partial charge in [-0.2, -0.15) is 13.2 Å². The maximum absolute atomic E-state index is 13.3. The number of amides is 2. The number of fused-ring (bicyclic) bond motifs is 1. The van der Waals surface area contributed by atoms with Crippen LogP contribution in [0.5, 0.6) is 0 Å². The fourth-order valence-corrected chi connectivity index (χ4v) is 5.34. The SMILES string of the molecule is O=C1NC(=O)/C(=C/c2ccnc(N3CCC(CNCc4cc(C(F)(F)F)nc5c4C=CCC5)CC3)n2)S1. The largest absolute Gasteiger partial charge is 0.433 e. The molecule has 1 aliphatic carbocycles. The van der Waals surface area contributed by atoms with Crippen LogP contribution in [0.4, 0.5) is 23.9 Å². The van der Waals surface area contributed by atoms with E-state index < -0.39 is 23.0 Å². The van der Waals surface area contributed by atoms with Crippen molar-refractivity contribution >= 4 is 41.0 Å².